The molecule has 0 aliphatic carbocycles. The van der Waals surface area contributed by atoms with Crippen LogP contribution in [0.2, 0.25) is 0 Å². The maximum atomic E-state index is 13.9. The van der Waals surface area contributed by atoms with Gasteiger partial charge in [0, 0.05) is 22.8 Å². The number of amides is 3. The van der Waals surface area contributed by atoms with Crippen molar-refractivity contribution in [2.45, 2.75) is 6.54 Å². The minimum atomic E-state index is -0.624. The van der Waals surface area contributed by atoms with Gasteiger partial charge in [-0.05, 0) is 18.2 Å². The van der Waals surface area contributed by atoms with E-state index in [9.17, 15) is 19.1 Å². The first kappa shape index (κ1) is 19.2. The fourth-order valence-electron chi connectivity index (χ4n) is 3.07. The molecule has 3 amide bonds. The fraction of sp³-hybridized carbons (Fsp3) is 0.0435. The van der Waals surface area contributed by atoms with Crippen molar-refractivity contribution in [3.05, 3.63) is 95.6 Å². The number of furan rings is 1. The third-order valence-electron chi connectivity index (χ3n) is 4.66. The van der Waals surface area contributed by atoms with Gasteiger partial charge >= 0.3 is 6.03 Å². The summed E-state index contributed by atoms with van der Waals surface area (Å²) < 4.78 is 19.6. The number of hydrogen-bond donors (Lipinski definition) is 2. The number of halogens is 1. The molecule has 6 nitrogen and oxygen atoms in total. The minimum Gasteiger partial charge on any atom is -0.508 e. The Labute approximate surface area is 171 Å². The molecule has 3 aromatic rings. The molecule has 2 heterocycles. The molecule has 0 spiro atoms. The lowest BCUT2D eigenvalue weighted by atomic mass is 10.1. The number of carbonyl (C=O) groups is 2. The molecular weight excluding hydrogens is 387 g/mol. The second kappa shape index (κ2) is 7.71. The van der Waals surface area contributed by atoms with Gasteiger partial charge in [-0.3, -0.25) is 9.69 Å². The Kier molecular flexibility index (Phi) is 4.93. The smallest absolute Gasteiger partial charge is 0.329 e. The summed E-state index contributed by atoms with van der Waals surface area (Å²) >= 11 is 0. The Hall–Kier alpha value is -4.13. The molecule has 2 aromatic carbocycles. The van der Waals surface area contributed by atoms with E-state index in [4.69, 9.17) is 4.42 Å². The molecule has 1 fully saturated rings. The van der Waals surface area contributed by atoms with E-state index in [2.05, 4.69) is 11.9 Å². The van der Waals surface area contributed by atoms with Crippen LogP contribution < -0.4 is 5.32 Å². The molecule has 4 rings (SSSR count). The van der Waals surface area contributed by atoms with Gasteiger partial charge in [0.05, 0.1) is 6.54 Å². The van der Waals surface area contributed by atoms with Crippen molar-refractivity contribution in [1.29, 1.82) is 0 Å². The lowest BCUT2D eigenvalue weighted by Crippen LogP contribution is -2.30. The van der Waals surface area contributed by atoms with E-state index in [0.717, 1.165) is 10.5 Å². The number of benzene rings is 2. The van der Waals surface area contributed by atoms with Crippen LogP contribution in [0.25, 0.3) is 23.2 Å². The highest BCUT2D eigenvalue weighted by molar-refractivity contribution is 6.13. The first-order valence-electron chi connectivity index (χ1n) is 9.09. The molecule has 0 bridgehead atoms. The van der Waals surface area contributed by atoms with Gasteiger partial charge in [0.1, 0.15) is 28.8 Å². The molecule has 30 heavy (non-hydrogen) atoms. The molecule has 1 aliphatic heterocycles. The summed E-state index contributed by atoms with van der Waals surface area (Å²) in [7, 11) is 0. The van der Waals surface area contributed by atoms with Crippen molar-refractivity contribution in [2.24, 2.45) is 0 Å². The Morgan fingerprint density at radius 2 is 1.83 bits per heavy atom. The van der Waals surface area contributed by atoms with Crippen LogP contribution >= 0.6 is 0 Å². The highest BCUT2D eigenvalue weighted by Gasteiger charge is 2.34. The summed E-state index contributed by atoms with van der Waals surface area (Å²) in [6.07, 6.45) is 1.43. The number of rotatable bonds is 5. The van der Waals surface area contributed by atoms with Crippen LogP contribution in [-0.2, 0) is 11.3 Å². The molecule has 0 atom stereocenters. The van der Waals surface area contributed by atoms with Crippen LogP contribution in [-0.4, -0.2) is 21.9 Å². The summed E-state index contributed by atoms with van der Waals surface area (Å²) in [6, 6.07) is 15.7. The number of aliphatic hydroxyl groups is 1. The fourth-order valence-corrected chi connectivity index (χ4v) is 3.07. The monoisotopic (exact) mass is 404 g/mol. The Balaban J connectivity index is 1.53. The number of nitrogens with zero attached hydrogens (tertiary/aromatic N) is 1. The van der Waals surface area contributed by atoms with E-state index in [1.54, 1.807) is 42.5 Å². The summed E-state index contributed by atoms with van der Waals surface area (Å²) in [5.41, 5.74) is 1.66. The predicted octanol–water partition coefficient (Wildman–Crippen LogP) is 4.71. The van der Waals surface area contributed by atoms with E-state index < -0.39 is 17.8 Å². The second-order valence-electron chi connectivity index (χ2n) is 6.70. The van der Waals surface area contributed by atoms with Gasteiger partial charge in [0.15, 0.2) is 0 Å². The number of carbonyl (C=O) groups excluding carboxylic acids is 2. The number of aliphatic hydroxyl groups excluding tert-OH is 1. The van der Waals surface area contributed by atoms with Gasteiger partial charge in [-0.25, -0.2) is 9.18 Å². The molecule has 150 valence electrons. The van der Waals surface area contributed by atoms with Crippen LogP contribution in [0.3, 0.4) is 0 Å². The lowest BCUT2D eigenvalue weighted by Gasteiger charge is -2.12. The van der Waals surface area contributed by atoms with E-state index >= 15 is 0 Å². The number of urea groups is 1. The number of nitrogens with one attached hydrogen (secondary N) is 1. The summed E-state index contributed by atoms with van der Waals surface area (Å²) in [4.78, 5) is 25.7. The molecular formula is C23H17FN2O4. The largest absolute Gasteiger partial charge is 0.508 e. The van der Waals surface area contributed by atoms with Crippen molar-refractivity contribution in [3.63, 3.8) is 0 Å². The average molecular weight is 404 g/mol. The zero-order valence-corrected chi connectivity index (χ0v) is 15.8. The Bertz CT molecular complexity index is 1180. The Morgan fingerprint density at radius 1 is 1.10 bits per heavy atom. The maximum Gasteiger partial charge on any atom is 0.329 e. The highest BCUT2D eigenvalue weighted by atomic mass is 19.1. The normalized spacial score (nSPS) is 15.0. The first-order chi connectivity index (χ1) is 14.4. The molecule has 1 aromatic heterocycles. The number of imide groups is 1. The van der Waals surface area contributed by atoms with Crippen molar-refractivity contribution in [3.8, 4) is 11.3 Å². The van der Waals surface area contributed by atoms with Crippen molar-refractivity contribution in [2.75, 3.05) is 0 Å². The van der Waals surface area contributed by atoms with Crippen molar-refractivity contribution >= 4 is 23.8 Å². The zero-order valence-electron chi connectivity index (χ0n) is 15.8. The standard InChI is InChI=1S/C23H17FN2O4/c1-14(27)15-6-8-16(9-7-15)21-11-10-18(30-21)12-20-22(28)26(23(29)25-20)13-17-4-2-3-5-19(17)24/h2-12,27H,1,13H2,(H,25,29)/b20-12+. The minimum absolute atomic E-state index is 0.0261. The number of hydrogen-bond acceptors (Lipinski definition) is 4. The van der Waals surface area contributed by atoms with Gasteiger partial charge in [-0.15, -0.1) is 0 Å². The van der Waals surface area contributed by atoms with Gasteiger partial charge in [-0.2, -0.15) is 0 Å². The molecule has 1 aliphatic rings. The molecule has 0 saturated carbocycles. The van der Waals surface area contributed by atoms with Gasteiger partial charge in [-0.1, -0.05) is 49.0 Å². The van der Waals surface area contributed by atoms with E-state index in [-0.39, 0.29) is 23.6 Å². The van der Waals surface area contributed by atoms with Crippen LogP contribution in [0.1, 0.15) is 16.9 Å². The SMILES string of the molecule is C=C(O)c1ccc(-c2ccc(/C=C3/NC(=O)N(Cc4ccccc4F)C3=O)o2)cc1. The highest BCUT2D eigenvalue weighted by Crippen LogP contribution is 2.26. The van der Waals surface area contributed by atoms with Gasteiger partial charge in [0.2, 0.25) is 0 Å². The van der Waals surface area contributed by atoms with E-state index in [0.29, 0.717) is 17.1 Å². The van der Waals surface area contributed by atoms with Crippen molar-refractivity contribution < 1.29 is 23.5 Å². The maximum absolute atomic E-state index is 13.9. The third kappa shape index (κ3) is 3.73. The van der Waals surface area contributed by atoms with Gasteiger partial charge < -0.3 is 14.8 Å². The van der Waals surface area contributed by atoms with Crippen LogP contribution in [0.15, 0.2) is 77.4 Å². The molecule has 2 N–H and O–H groups in total. The topological polar surface area (TPSA) is 82.8 Å². The quantitative estimate of drug-likeness (QED) is 0.367. The van der Waals surface area contributed by atoms with Crippen molar-refractivity contribution in [1.82, 2.24) is 10.2 Å². The van der Waals surface area contributed by atoms with Crippen LogP contribution in [0, 0.1) is 5.82 Å². The molecule has 0 unspecified atom stereocenters. The molecule has 0 radical (unpaired) electrons. The van der Waals surface area contributed by atoms with Crippen LogP contribution in [0.4, 0.5) is 9.18 Å². The van der Waals surface area contributed by atoms with Crippen LogP contribution in [0.5, 0.6) is 0 Å². The average Bonchev–Trinajstić information content (AvgIpc) is 3.30. The molecule has 7 heteroatoms. The van der Waals surface area contributed by atoms with Gasteiger partial charge in [0.25, 0.3) is 5.91 Å². The first-order valence-corrected chi connectivity index (χ1v) is 9.09. The third-order valence-corrected chi connectivity index (χ3v) is 4.66. The molecule has 1 saturated heterocycles. The zero-order chi connectivity index (χ0) is 21.3. The summed E-state index contributed by atoms with van der Waals surface area (Å²) in [5.74, 6) is -0.148. The Morgan fingerprint density at radius 3 is 2.53 bits per heavy atom. The summed E-state index contributed by atoms with van der Waals surface area (Å²) in [5, 5.41) is 11.9. The lowest BCUT2D eigenvalue weighted by molar-refractivity contribution is -0.123. The summed E-state index contributed by atoms with van der Waals surface area (Å²) in [6.45, 7) is 3.31. The predicted molar refractivity (Wildman–Crippen MR) is 109 cm³/mol. The van der Waals surface area contributed by atoms with E-state index in [1.165, 1.54) is 24.3 Å². The van der Waals surface area contributed by atoms with E-state index in [1.807, 2.05) is 0 Å². The second-order valence-corrected chi connectivity index (χ2v) is 6.70.